The van der Waals surface area contributed by atoms with E-state index >= 15 is 0 Å². The molecule has 1 saturated heterocycles. The predicted molar refractivity (Wildman–Crippen MR) is 110 cm³/mol. The van der Waals surface area contributed by atoms with Crippen LogP contribution in [0.3, 0.4) is 0 Å². The first-order valence-electron chi connectivity index (χ1n) is 9.65. The lowest BCUT2D eigenvalue weighted by atomic mass is 10.1. The highest BCUT2D eigenvalue weighted by Crippen LogP contribution is 2.17. The molecule has 0 aromatic heterocycles. The van der Waals surface area contributed by atoms with Gasteiger partial charge in [-0.3, -0.25) is 24.6 Å². The van der Waals surface area contributed by atoms with E-state index in [0.29, 0.717) is 18.5 Å². The second kappa shape index (κ2) is 10.3. The van der Waals surface area contributed by atoms with Crippen LogP contribution in [-0.2, 0) is 14.3 Å². The third kappa shape index (κ3) is 6.12. The van der Waals surface area contributed by atoms with Crippen LogP contribution in [0.2, 0.25) is 0 Å². The Balaban J connectivity index is 1.46. The zero-order chi connectivity index (χ0) is 20.5. The van der Waals surface area contributed by atoms with E-state index in [1.165, 1.54) is 0 Å². The summed E-state index contributed by atoms with van der Waals surface area (Å²) < 4.78 is 5.24. The number of nitrogens with one attached hydrogen (secondary N) is 1. The standard InChI is InChI=1S/C23H24N2O4/c26-21(29-16-8-11-18-9-3-1-4-10-18)17-25-15-7-14-20(25)23(28)24-22(27)19-12-5-2-6-13-19/h1-6,8-13,20H,7,14-17H2,(H,24,27,28)/t20-/m0/s1. The van der Waals surface area contributed by atoms with Gasteiger partial charge in [-0.1, -0.05) is 54.6 Å². The summed E-state index contributed by atoms with van der Waals surface area (Å²) in [4.78, 5) is 38.6. The van der Waals surface area contributed by atoms with Crippen LogP contribution >= 0.6 is 0 Å². The first kappa shape index (κ1) is 20.5. The van der Waals surface area contributed by atoms with Crippen molar-refractivity contribution in [1.82, 2.24) is 10.2 Å². The van der Waals surface area contributed by atoms with Crippen LogP contribution in [0.25, 0.3) is 6.08 Å². The van der Waals surface area contributed by atoms with Crippen molar-refractivity contribution >= 4 is 23.9 Å². The number of carbonyl (C=O) groups excluding carboxylic acids is 3. The third-order valence-electron chi connectivity index (χ3n) is 4.72. The highest BCUT2D eigenvalue weighted by Gasteiger charge is 2.33. The lowest BCUT2D eigenvalue weighted by Crippen LogP contribution is -2.47. The smallest absolute Gasteiger partial charge is 0.320 e. The Hall–Kier alpha value is -3.25. The molecule has 29 heavy (non-hydrogen) atoms. The molecular weight excluding hydrogens is 368 g/mol. The molecule has 2 amide bonds. The zero-order valence-corrected chi connectivity index (χ0v) is 16.1. The van der Waals surface area contributed by atoms with E-state index < -0.39 is 17.9 Å². The number of esters is 1. The lowest BCUT2D eigenvalue weighted by Gasteiger charge is -2.22. The highest BCUT2D eigenvalue weighted by molar-refractivity contribution is 6.06. The maximum absolute atomic E-state index is 12.5. The maximum atomic E-state index is 12.5. The van der Waals surface area contributed by atoms with Crippen molar-refractivity contribution < 1.29 is 19.1 Å². The van der Waals surface area contributed by atoms with Gasteiger partial charge in [-0.05, 0) is 43.2 Å². The van der Waals surface area contributed by atoms with E-state index in [9.17, 15) is 14.4 Å². The van der Waals surface area contributed by atoms with Crippen LogP contribution in [0.15, 0.2) is 66.7 Å². The molecule has 0 spiro atoms. The molecule has 1 heterocycles. The first-order valence-corrected chi connectivity index (χ1v) is 9.65. The topological polar surface area (TPSA) is 75.7 Å². The summed E-state index contributed by atoms with van der Waals surface area (Å²) in [5, 5.41) is 2.43. The molecule has 0 saturated carbocycles. The van der Waals surface area contributed by atoms with Gasteiger partial charge in [-0.15, -0.1) is 0 Å². The molecule has 1 N–H and O–H groups in total. The average Bonchev–Trinajstić information content (AvgIpc) is 3.21. The van der Waals surface area contributed by atoms with Gasteiger partial charge in [0, 0.05) is 5.56 Å². The predicted octanol–water partition coefficient (Wildman–Crippen LogP) is 2.66. The Kier molecular flexibility index (Phi) is 7.30. The minimum absolute atomic E-state index is 0.0246. The van der Waals surface area contributed by atoms with E-state index in [4.69, 9.17) is 4.74 Å². The Bertz CT molecular complexity index is 865. The number of carbonyl (C=O) groups is 3. The molecule has 0 aliphatic carbocycles. The molecule has 1 aliphatic rings. The Morgan fingerprint density at radius 2 is 1.72 bits per heavy atom. The van der Waals surface area contributed by atoms with E-state index in [-0.39, 0.29) is 19.1 Å². The zero-order valence-electron chi connectivity index (χ0n) is 16.1. The summed E-state index contributed by atoms with van der Waals surface area (Å²) in [6, 6.07) is 17.8. The monoisotopic (exact) mass is 392 g/mol. The summed E-state index contributed by atoms with van der Waals surface area (Å²) in [5.74, 6) is -1.21. The van der Waals surface area contributed by atoms with Crippen molar-refractivity contribution in [1.29, 1.82) is 0 Å². The second-order valence-electron chi connectivity index (χ2n) is 6.81. The largest absolute Gasteiger partial charge is 0.460 e. The van der Waals surface area contributed by atoms with Gasteiger partial charge >= 0.3 is 5.97 Å². The number of likely N-dealkylation sites (tertiary alicyclic amines) is 1. The summed E-state index contributed by atoms with van der Waals surface area (Å²) in [7, 11) is 0. The molecule has 1 fully saturated rings. The molecule has 0 unspecified atom stereocenters. The molecule has 0 bridgehead atoms. The van der Waals surface area contributed by atoms with Crippen LogP contribution in [0, 0.1) is 0 Å². The van der Waals surface area contributed by atoms with Crippen LogP contribution < -0.4 is 5.32 Å². The summed E-state index contributed by atoms with van der Waals surface area (Å²) in [5.41, 5.74) is 1.46. The van der Waals surface area contributed by atoms with Crippen LogP contribution in [0.4, 0.5) is 0 Å². The fourth-order valence-electron chi connectivity index (χ4n) is 3.27. The van der Waals surface area contributed by atoms with Crippen molar-refractivity contribution in [2.24, 2.45) is 0 Å². The molecule has 6 nitrogen and oxygen atoms in total. The Morgan fingerprint density at radius 1 is 1.03 bits per heavy atom. The Labute approximate surface area is 170 Å². The fraction of sp³-hybridized carbons (Fsp3) is 0.261. The quantitative estimate of drug-likeness (QED) is 0.579. The maximum Gasteiger partial charge on any atom is 0.320 e. The van der Waals surface area contributed by atoms with E-state index in [2.05, 4.69) is 5.32 Å². The van der Waals surface area contributed by atoms with Crippen molar-refractivity contribution in [2.45, 2.75) is 18.9 Å². The summed E-state index contributed by atoms with van der Waals surface area (Å²) in [6.45, 7) is 0.814. The molecule has 2 aromatic carbocycles. The van der Waals surface area contributed by atoms with Gasteiger partial charge in [0.05, 0.1) is 12.6 Å². The second-order valence-corrected chi connectivity index (χ2v) is 6.81. The number of hydrogen-bond donors (Lipinski definition) is 1. The highest BCUT2D eigenvalue weighted by atomic mass is 16.5. The van der Waals surface area contributed by atoms with Crippen molar-refractivity contribution in [3.05, 3.63) is 77.9 Å². The van der Waals surface area contributed by atoms with Gasteiger partial charge in [0.25, 0.3) is 5.91 Å². The average molecular weight is 392 g/mol. The third-order valence-corrected chi connectivity index (χ3v) is 4.72. The Morgan fingerprint density at radius 3 is 2.45 bits per heavy atom. The molecule has 0 radical (unpaired) electrons. The normalized spacial score (nSPS) is 16.6. The number of imide groups is 1. The fourth-order valence-corrected chi connectivity index (χ4v) is 3.27. The molecule has 1 atom stereocenters. The van der Waals surface area contributed by atoms with Gasteiger partial charge in [0.1, 0.15) is 6.61 Å². The number of nitrogens with zero attached hydrogens (tertiary/aromatic N) is 1. The number of hydrogen-bond acceptors (Lipinski definition) is 5. The SMILES string of the molecule is O=C(CN1CCC[C@H]1C(=O)NC(=O)c1ccccc1)OCC=Cc1ccccc1. The van der Waals surface area contributed by atoms with E-state index in [1.54, 1.807) is 41.3 Å². The van der Waals surface area contributed by atoms with Gasteiger partial charge in [-0.2, -0.15) is 0 Å². The van der Waals surface area contributed by atoms with Crippen LogP contribution in [0.5, 0.6) is 0 Å². The lowest BCUT2D eigenvalue weighted by molar-refractivity contribution is -0.144. The van der Waals surface area contributed by atoms with E-state index in [1.807, 2.05) is 36.4 Å². The number of ether oxygens (including phenoxy) is 1. The first-order chi connectivity index (χ1) is 14.1. The van der Waals surface area contributed by atoms with Gasteiger partial charge in [0.15, 0.2) is 0 Å². The van der Waals surface area contributed by atoms with Crippen molar-refractivity contribution in [2.75, 3.05) is 19.7 Å². The van der Waals surface area contributed by atoms with E-state index in [0.717, 1.165) is 12.0 Å². The molecule has 6 heteroatoms. The van der Waals surface area contributed by atoms with Crippen LogP contribution in [0.1, 0.15) is 28.8 Å². The van der Waals surface area contributed by atoms with Gasteiger partial charge in [0.2, 0.25) is 5.91 Å². The van der Waals surface area contributed by atoms with Crippen molar-refractivity contribution in [3.8, 4) is 0 Å². The van der Waals surface area contributed by atoms with Gasteiger partial charge < -0.3 is 4.74 Å². The molecule has 150 valence electrons. The number of amides is 2. The molecule has 2 aromatic rings. The summed E-state index contributed by atoms with van der Waals surface area (Å²) in [6.07, 6.45) is 5.06. The number of rotatable bonds is 7. The molecule has 3 rings (SSSR count). The minimum atomic E-state index is -0.505. The minimum Gasteiger partial charge on any atom is -0.460 e. The molecule has 1 aliphatic heterocycles. The van der Waals surface area contributed by atoms with Crippen molar-refractivity contribution in [3.63, 3.8) is 0 Å². The molecular formula is C23H24N2O4. The van der Waals surface area contributed by atoms with Crippen LogP contribution in [-0.4, -0.2) is 48.4 Å². The number of benzene rings is 2. The van der Waals surface area contributed by atoms with Gasteiger partial charge in [-0.25, -0.2) is 0 Å². The summed E-state index contributed by atoms with van der Waals surface area (Å²) >= 11 is 0.